The summed E-state index contributed by atoms with van der Waals surface area (Å²) >= 11 is 0. The molecule has 1 atom stereocenters. The molecule has 3 nitrogen and oxygen atoms in total. The molecule has 0 aromatic rings. The van der Waals surface area contributed by atoms with Crippen LogP contribution in [0.1, 0.15) is 26.7 Å². The van der Waals surface area contributed by atoms with Crippen LogP contribution in [0.25, 0.3) is 0 Å². The van der Waals surface area contributed by atoms with E-state index in [4.69, 9.17) is 10.5 Å². The van der Waals surface area contributed by atoms with Crippen LogP contribution < -0.4 is 5.73 Å². The second-order valence-electron chi connectivity index (χ2n) is 4.97. The van der Waals surface area contributed by atoms with Crippen LogP contribution in [0.5, 0.6) is 0 Å². The number of hydrogen-bond donors (Lipinski definition) is 1. The van der Waals surface area contributed by atoms with Crippen LogP contribution in [-0.2, 0) is 4.74 Å². The number of hydrogen-bond acceptors (Lipinski definition) is 3. The van der Waals surface area contributed by atoms with Crippen LogP contribution in [0.2, 0.25) is 0 Å². The lowest BCUT2D eigenvalue weighted by molar-refractivity contribution is -0.0940. The van der Waals surface area contributed by atoms with E-state index in [0.29, 0.717) is 12.1 Å². The van der Waals surface area contributed by atoms with Crippen molar-refractivity contribution in [3.05, 3.63) is 0 Å². The van der Waals surface area contributed by atoms with Crippen LogP contribution in [0.15, 0.2) is 0 Å². The van der Waals surface area contributed by atoms with Gasteiger partial charge in [-0.05, 0) is 26.7 Å². The third-order valence-electron chi connectivity index (χ3n) is 3.13. The standard InChI is InChI=1S/C10H20N2O/c1-10(2)5-9(3-4-13-10)12-6-8(11)7-12/h8-9H,3-7,11H2,1-2H3. The minimum absolute atomic E-state index is 0.0720. The third-order valence-corrected chi connectivity index (χ3v) is 3.13. The SMILES string of the molecule is CC1(C)CC(N2CC(N)C2)CCO1. The minimum Gasteiger partial charge on any atom is -0.375 e. The molecular formula is C10H20N2O. The lowest BCUT2D eigenvalue weighted by Crippen LogP contribution is -2.61. The van der Waals surface area contributed by atoms with Gasteiger partial charge in [-0.25, -0.2) is 0 Å². The Morgan fingerprint density at radius 3 is 2.62 bits per heavy atom. The molecule has 0 aromatic carbocycles. The van der Waals surface area contributed by atoms with Crippen molar-refractivity contribution < 1.29 is 4.74 Å². The first-order valence-electron chi connectivity index (χ1n) is 5.20. The molecule has 1 unspecified atom stereocenters. The third kappa shape index (κ3) is 2.03. The average molecular weight is 184 g/mol. The van der Waals surface area contributed by atoms with Crippen LogP contribution in [0.4, 0.5) is 0 Å². The Bertz CT molecular complexity index is 187. The smallest absolute Gasteiger partial charge is 0.0641 e. The highest BCUT2D eigenvalue weighted by Gasteiger charge is 2.36. The molecule has 0 radical (unpaired) electrons. The fourth-order valence-corrected chi connectivity index (χ4v) is 2.36. The molecule has 3 heteroatoms. The first-order chi connectivity index (χ1) is 6.07. The highest BCUT2D eigenvalue weighted by atomic mass is 16.5. The van der Waals surface area contributed by atoms with Gasteiger partial charge in [0.25, 0.3) is 0 Å². The molecule has 2 saturated heterocycles. The molecule has 13 heavy (non-hydrogen) atoms. The van der Waals surface area contributed by atoms with Crippen molar-refractivity contribution in [3.63, 3.8) is 0 Å². The summed E-state index contributed by atoms with van der Waals surface area (Å²) in [7, 11) is 0. The Hall–Kier alpha value is -0.120. The zero-order chi connectivity index (χ0) is 9.47. The first-order valence-corrected chi connectivity index (χ1v) is 5.20. The Kier molecular flexibility index (Phi) is 2.34. The number of likely N-dealkylation sites (tertiary alicyclic amines) is 1. The molecule has 0 spiro atoms. The van der Waals surface area contributed by atoms with Crippen molar-refractivity contribution in [3.8, 4) is 0 Å². The van der Waals surface area contributed by atoms with Crippen LogP contribution in [-0.4, -0.2) is 42.3 Å². The minimum atomic E-state index is 0.0720. The van der Waals surface area contributed by atoms with E-state index in [9.17, 15) is 0 Å². The van der Waals surface area contributed by atoms with E-state index in [1.54, 1.807) is 0 Å². The van der Waals surface area contributed by atoms with E-state index in [0.717, 1.165) is 26.1 Å². The molecule has 2 aliphatic heterocycles. The maximum absolute atomic E-state index is 5.77. The van der Waals surface area contributed by atoms with Crippen molar-refractivity contribution in [2.75, 3.05) is 19.7 Å². The normalized spacial score (nSPS) is 35.8. The summed E-state index contributed by atoms with van der Waals surface area (Å²) < 4.78 is 5.68. The summed E-state index contributed by atoms with van der Waals surface area (Å²) in [6, 6.07) is 1.13. The van der Waals surface area contributed by atoms with Crippen LogP contribution in [0.3, 0.4) is 0 Å². The van der Waals surface area contributed by atoms with Crippen molar-refractivity contribution in [1.82, 2.24) is 4.90 Å². The summed E-state index contributed by atoms with van der Waals surface area (Å²) in [6.07, 6.45) is 2.33. The van der Waals surface area contributed by atoms with Crippen molar-refractivity contribution >= 4 is 0 Å². The zero-order valence-corrected chi connectivity index (χ0v) is 8.62. The molecule has 2 fully saturated rings. The molecule has 2 aliphatic rings. The van der Waals surface area contributed by atoms with Crippen molar-refractivity contribution in [1.29, 1.82) is 0 Å². The Morgan fingerprint density at radius 1 is 1.38 bits per heavy atom. The fourth-order valence-electron chi connectivity index (χ4n) is 2.36. The number of nitrogens with zero attached hydrogens (tertiary/aromatic N) is 1. The van der Waals surface area contributed by atoms with Gasteiger partial charge in [0.1, 0.15) is 0 Å². The van der Waals surface area contributed by atoms with Gasteiger partial charge in [-0.3, -0.25) is 4.90 Å². The number of nitrogens with two attached hydrogens (primary N) is 1. The Morgan fingerprint density at radius 2 is 2.08 bits per heavy atom. The van der Waals surface area contributed by atoms with Crippen LogP contribution in [0, 0.1) is 0 Å². The van der Waals surface area contributed by atoms with Crippen LogP contribution >= 0.6 is 0 Å². The van der Waals surface area contributed by atoms with E-state index >= 15 is 0 Å². The highest BCUT2D eigenvalue weighted by molar-refractivity contribution is 4.92. The lowest BCUT2D eigenvalue weighted by Gasteiger charge is -2.47. The van der Waals surface area contributed by atoms with E-state index in [-0.39, 0.29) is 5.60 Å². The molecule has 0 amide bonds. The van der Waals surface area contributed by atoms with Gasteiger partial charge in [0.15, 0.2) is 0 Å². The van der Waals surface area contributed by atoms with E-state index in [2.05, 4.69) is 18.7 Å². The van der Waals surface area contributed by atoms with E-state index < -0.39 is 0 Å². The second kappa shape index (κ2) is 3.23. The Labute approximate surface area is 80.2 Å². The monoisotopic (exact) mass is 184 g/mol. The predicted octanol–water partition coefficient (Wildman–Crippen LogP) is 0.587. The van der Waals surface area contributed by atoms with Gasteiger partial charge in [-0.1, -0.05) is 0 Å². The van der Waals surface area contributed by atoms with Gasteiger partial charge in [-0.2, -0.15) is 0 Å². The quantitative estimate of drug-likeness (QED) is 0.648. The molecule has 0 bridgehead atoms. The van der Waals surface area contributed by atoms with Gasteiger partial charge in [0, 0.05) is 31.8 Å². The van der Waals surface area contributed by atoms with Gasteiger partial charge in [-0.15, -0.1) is 0 Å². The molecule has 2 N–H and O–H groups in total. The molecular weight excluding hydrogens is 164 g/mol. The predicted molar refractivity (Wildman–Crippen MR) is 52.6 cm³/mol. The van der Waals surface area contributed by atoms with E-state index in [1.165, 1.54) is 6.42 Å². The number of rotatable bonds is 1. The molecule has 76 valence electrons. The highest BCUT2D eigenvalue weighted by Crippen LogP contribution is 2.29. The molecule has 2 rings (SSSR count). The second-order valence-corrected chi connectivity index (χ2v) is 4.97. The molecule has 2 heterocycles. The van der Waals surface area contributed by atoms with E-state index in [1.807, 2.05) is 0 Å². The topological polar surface area (TPSA) is 38.5 Å². The lowest BCUT2D eigenvalue weighted by atomic mass is 9.90. The van der Waals surface area contributed by atoms with Gasteiger partial charge in [0.05, 0.1) is 5.60 Å². The Balaban J connectivity index is 1.86. The molecule has 0 aromatic heterocycles. The van der Waals surface area contributed by atoms with Gasteiger partial charge >= 0.3 is 0 Å². The summed E-state index contributed by atoms with van der Waals surface area (Å²) in [4.78, 5) is 2.49. The fraction of sp³-hybridized carbons (Fsp3) is 1.00. The first kappa shape index (κ1) is 9.44. The van der Waals surface area contributed by atoms with Crippen molar-refractivity contribution in [2.24, 2.45) is 5.73 Å². The average Bonchev–Trinajstić information content (AvgIpc) is 1.97. The number of ether oxygens (including phenoxy) is 1. The largest absolute Gasteiger partial charge is 0.375 e. The summed E-state index contributed by atoms with van der Waals surface area (Å²) in [5.41, 5.74) is 5.84. The maximum Gasteiger partial charge on any atom is 0.0641 e. The summed E-state index contributed by atoms with van der Waals surface area (Å²) in [6.45, 7) is 7.43. The zero-order valence-electron chi connectivity index (χ0n) is 8.62. The molecule has 0 saturated carbocycles. The maximum atomic E-state index is 5.77. The van der Waals surface area contributed by atoms with Crippen molar-refractivity contribution in [2.45, 2.75) is 44.4 Å². The summed E-state index contributed by atoms with van der Waals surface area (Å²) in [5.74, 6) is 0. The van der Waals surface area contributed by atoms with Gasteiger partial charge in [0.2, 0.25) is 0 Å². The van der Waals surface area contributed by atoms with Gasteiger partial charge < -0.3 is 10.5 Å². The molecule has 0 aliphatic carbocycles. The summed E-state index contributed by atoms with van der Waals surface area (Å²) in [5, 5.41) is 0.